The highest BCUT2D eigenvalue weighted by Crippen LogP contribution is 2.25. The summed E-state index contributed by atoms with van der Waals surface area (Å²) in [7, 11) is 1.75. The monoisotopic (exact) mass is 350 g/mol. The normalized spacial score (nSPS) is 17.0. The Hall–Kier alpha value is -1.53. The van der Waals surface area contributed by atoms with Crippen molar-refractivity contribution >= 4 is 5.96 Å². The van der Waals surface area contributed by atoms with Crippen LogP contribution in [0, 0.1) is 0 Å². The molecule has 1 unspecified atom stereocenters. The SMILES string of the molecule is CCNC(=NCC(c1ccco1)N1CCCC1)NCCCCCOC. The molecule has 1 aromatic heterocycles. The highest BCUT2D eigenvalue weighted by atomic mass is 16.5. The number of rotatable bonds is 11. The first kappa shape index (κ1) is 19.8. The van der Waals surface area contributed by atoms with Crippen molar-refractivity contribution in [1.29, 1.82) is 0 Å². The smallest absolute Gasteiger partial charge is 0.191 e. The van der Waals surface area contributed by atoms with Crippen molar-refractivity contribution in [3.8, 4) is 0 Å². The highest BCUT2D eigenvalue weighted by molar-refractivity contribution is 5.79. The van der Waals surface area contributed by atoms with Gasteiger partial charge in [-0.2, -0.15) is 0 Å². The molecule has 0 bridgehead atoms. The number of nitrogens with zero attached hydrogens (tertiary/aromatic N) is 2. The number of furan rings is 1. The predicted octanol–water partition coefficient (Wildman–Crippen LogP) is 2.79. The van der Waals surface area contributed by atoms with Crippen molar-refractivity contribution in [3.63, 3.8) is 0 Å². The van der Waals surface area contributed by atoms with Gasteiger partial charge >= 0.3 is 0 Å². The number of likely N-dealkylation sites (tertiary alicyclic amines) is 1. The third-order valence-electron chi connectivity index (χ3n) is 4.54. The molecule has 1 atom stereocenters. The third kappa shape index (κ3) is 7.08. The van der Waals surface area contributed by atoms with Crippen LogP contribution in [0.15, 0.2) is 27.8 Å². The molecule has 0 aromatic carbocycles. The number of unbranched alkanes of at least 4 members (excludes halogenated alkanes) is 2. The first-order chi connectivity index (χ1) is 12.3. The molecular formula is C19H34N4O2. The summed E-state index contributed by atoms with van der Waals surface area (Å²) in [5.74, 6) is 1.91. The Kier molecular flexibility index (Phi) is 9.44. The van der Waals surface area contributed by atoms with Gasteiger partial charge in [-0.15, -0.1) is 0 Å². The lowest BCUT2D eigenvalue weighted by Crippen LogP contribution is -2.38. The second-order valence-electron chi connectivity index (χ2n) is 6.47. The third-order valence-corrected chi connectivity index (χ3v) is 4.54. The maximum absolute atomic E-state index is 5.67. The van der Waals surface area contributed by atoms with Crippen LogP contribution in [0.4, 0.5) is 0 Å². The summed E-state index contributed by atoms with van der Waals surface area (Å²) in [6.07, 6.45) is 7.69. The Balaban J connectivity index is 1.85. The van der Waals surface area contributed by atoms with Crippen LogP contribution in [-0.2, 0) is 4.74 Å². The van der Waals surface area contributed by atoms with Crippen molar-refractivity contribution in [3.05, 3.63) is 24.2 Å². The molecule has 25 heavy (non-hydrogen) atoms. The molecule has 142 valence electrons. The van der Waals surface area contributed by atoms with Crippen LogP contribution in [0.3, 0.4) is 0 Å². The predicted molar refractivity (Wildman–Crippen MR) is 102 cm³/mol. The van der Waals surface area contributed by atoms with Gasteiger partial charge in [0.25, 0.3) is 0 Å². The van der Waals surface area contributed by atoms with Gasteiger partial charge < -0.3 is 19.8 Å². The van der Waals surface area contributed by atoms with Gasteiger partial charge in [0.2, 0.25) is 0 Å². The zero-order chi connectivity index (χ0) is 17.7. The van der Waals surface area contributed by atoms with Gasteiger partial charge in [0, 0.05) is 26.8 Å². The molecule has 1 aliphatic rings. The largest absolute Gasteiger partial charge is 0.468 e. The molecule has 0 aliphatic carbocycles. The van der Waals surface area contributed by atoms with E-state index in [-0.39, 0.29) is 6.04 Å². The van der Waals surface area contributed by atoms with Crippen LogP contribution in [0.5, 0.6) is 0 Å². The minimum Gasteiger partial charge on any atom is -0.468 e. The Labute approximate surface area is 152 Å². The first-order valence-corrected chi connectivity index (χ1v) is 9.63. The average Bonchev–Trinajstić information content (AvgIpc) is 3.32. The number of hydrogen-bond acceptors (Lipinski definition) is 4. The van der Waals surface area contributed by atoms with Crippen molar-refractivity contribution < 1.29 is 9.15 Å². The van der Waals surface area contributed by atoms with Crippen LogP contribution >= 0.6 is 0 Å². The van der Waals surface area contributed by atoms with E-state index >= 15 is 0 Å². The van der Waals surface area contributed by atoms with Gasteiger partial charge in [0.05, 0.1) is 18.8 Å². The number of aliphatic imine (C=N–C) groups is 1. The number of ether oxygens (including phenoxy) is 1. The van der Waals surface area contributed by atoms with Crippen molar-refractivity contribution in [2.24, 2.45) is 4.99 Å². The molecule has 6 nitrogen and oxygen atoms in total. The maximum Gasteiger partial charge on any atom is 0.191 e. The number of nitrogens with one attached hydrogen (secondary N) is 2. The number of methoxy groups -OCH3 is 1. The van der Waals surface area contributed by atoms with Crippen LogP contribution < -0.4 is 10.6 Å². The van der Waals surface area contributed by atoms with Crippen LogP contribution in [0.2, 0.25) is 0 Å². The van der Waals surface area contributed by atoms with E-state index < -0.39 is 0 Å². The second-order valence-corrected chi connectivity index (χ2v) is 6.47. The van der Waals surface area contributed by atoms with Gasteiger partial charge in [-0.05, 0) is 64.3 Å². The van der Waals surface area contributed by atoms with Crippen LogP contribution in [0.1, 0.15) is 50.8 Å². The van der Waals surface area contributed by atoms with Crippen molar-refractivity contribution in [2.75, 3.05) is 46.4 Å². The summed E-state index contributed by atoms with van der Waals surface area (Å²) in [5.41, 5.74) is 0. The van der Waals surface area contributed by atoms with Crippen molar-refractivity contribution in [1.82, 2.24) is 15.5 Å². The van der Waals surface area contributed by atoms with Crippen LogP contribution in [0.25, 0.3) is 0 Å². The first-order valence-electron chi connectivity index (χ1n) is 9.63. The Morgan fingerprint density at radius 1 is 1.28 bits per heavy atom. The molecule has 0 spiro atoms. The van der Waals surface area contributed by atoms with E-state index in [0.29, 0.717) is 6.54 Å². The van der Waals surface area contributed by atoms with E-state index in [0.717, 1.165) is 57.3 Å². The number of hydrogen-bond donors (Lipinski definition) is 2. The van der Waals surface area contributed by atoms with E-state index in [1.165, 1.54) is 19.3 Å². The summed E-state index contributed by atoms with van der Waals surface area (Å²) in [4.78, 5) is 7.30. The molecule has 0 saturated carbocycles. The fourth-order valence-electron chi connectivity index (χ4n) is 3.19. The van der Waals surface area contributed by atoms with Gasteiger partial charge in [0.15, 0.2) is 5.96 Å². The van der Waals surface area contributed by atoms with Gasteiger partial charge in [-0.25, -0.2) is 0 Å². The van der Waals surface area contributed by atoms with Gasteiger partial charge in [-0.3, -0.25) is 9.89 Å². The standard InChI is InChI=1S/C19H34N4O2/c1-3-20-19(21-11-5-4-8-14-24-2)22-16-17(18-10-9-15-25-18)23-12-6-7-13-23/h9-10,15,17H,3-8,11-14,16H2,1-2H3,(H2,20,21,22). The van der Waals surface area contributed by atoms with E-state index in [4.69, 9.17) is 14.1 Å². The molecule has 2 rings (SSSR count). The van der Waals surface area contributed by atoms with E-state index in [2.05, 4.69) is 28.5 Å². The second kappa shape index (κ2) is 11.9. The molecule has 2 heterocycles. The Morgan fingerprint density at radius 2 is 2.12 bits per heavy atom. The van der Waals surface area contributed by atoms with Gasteiger partial charge in [0.1, 0.15) is 5.76 Å². The molecule has 1 saturated heterocycles. The summed E-state index contributed by atoms with van der Waals surface area (Å²) in [6, 6.07) is 4.26. The van der Waals surface area contributed by atoms with Gasteiger partial charge in [-0.1, -0.05) is 0 Å². The zero-order valence-corrected chi connectivity index (χ0v) is 15.8. The van der Waals surface area contributed by atoms with E-state index in [1.807, 2.05) is 6.07 Å². The Morgan fingerprint density at radius 3 is 2.80 bits per heavy atom. The van der Waals surface area contributed by atoms with E-state index in [9.17, 15) is 0 Å². The average molecular weight is 351 g/mol. The summed E-state index contributed by atoms with van der Waals surface area (Å²) < 4.78 is 10.8. The molecule has 1 fully saturated rings. The molecule has 0 amide bonds. The van der Waals surface area contributed by atoms with Crippen LogP contribution in [-0.4, -0.2) is 57.3 Å². The minimum absolute atomic E-state index is 0.231. The molecule has 2 N–H and O–H groups in total. The fourth-order valence-corrected chi connectivity index (χ4v) is 3.19. The molecule has 0 radical (unpaired) electrons. The number of guanidine groups is 1. The Bertz CT molecular complexity index is 470. The molecular weight excluding hydrogens is 316 g/mol. The molecule has 1 aromatic rings. The minimum atomic E-state index is 0.231. The summed E-state index contributed by atoms with van der Waals surface area (Å²) in [6.45, 7) is 7.71. The maximum atomic E-state index is 5.67. The zero-order valence-electron chi connectivity index (χ0n) is 15.8. The summed E-state index contributed by atoms with van der Waals surface area (Å²) in [5, 5.41) is 6.78. The lowest BCUT2D eigenvalue weighted by molar-refractivity contribution is 0.192. The molecule has 1 aliphatic heterocycles. The quantitative estimate of drug-likeness (QED) is 0.365. The summed E-state index contributed by atoms with van der Waals surface area (Å²) >= 11 is 0. The lowest BCUT2D eigenvalue weighted by Gasteiger charge is -2.24. The lowest BCUT2D eigenvalue weighted by atomic mass is 10.2. The topological polar surface area (TPSA) is 62.0 Å². The van der Waals surface area contributed by atoms with Crippen molar-refractivity contribution in [2.45, 2.75) is 45.1 Å². The highest BCUT2D eigenvalue weighted by Gasteiger charge is 2.25. The fraction of sp³-hybridized carbons (Fsp3) is 0.737. The molecule has 6 heteroatoms. The van der Waals surface area contributed by atoms with E-state index in [1.54, 1.807) is 13.4 Å².